The molecule has 1 aromatic carbocycles. The maximum absolute atomic E-state index is 12.7. The van der Waals surface area contributed by atoms with Crippen LogP contribution in [0.25, 0.3) is 0 Å². The molecule has 0 aliphatic carbocycles. The number of anilines is 1. The van der Waals surface area contributed by atoms with Crippen LogP contribution in [0.2, 0.25) is 0 Å². The quantitative estimate of drug-likeness (QED) is 0.875. The van der Waals surface area contributed by atoms with Gasteiger partial charge in [-0.1, -0.05) is 6.07 Å². The van der Waals surface area contributed by atoms with E-state index in [1.165, 1.54) is 0 Å². The van der Waals surface area contributed by atoms with Crippen molar-refractivity contribution in [3.63, 3.8) is 0 Å². The Hall–Kier alpha value is -3.10. The Labute approximate surface area is 146 Å². The molecule has 6 nitrogen and oxygen atoms in total. The smallest absolute Gasteiger partial charge is 0.308 e. The second-order valence-corrected chi connectivity index (χ2v) is 5.65. The van der Waals surface area contributed by atoms with E-state index in [1.54, 1.807) is 18.2 Å². The van der Waals surface area contributed by atoms with E-state index in [-0.39, 0.29) is 0 Å². The molecular weight excluding hydrogens is 351 g/mol. The Balaban J connectivity index is 2.03. The van der Waals surface area contributed by atoms with E-state index in [4.69, 9.17) is 0 Å². The highest BCUT2D eigenvalue weighted by Crippen LogP contribution is 2.25. The SMILES string of the molecule is Cc1ccc(NC(=O)NC(=O)Cn2cccc(C(F)(F)F)c2=O)cc1C. The van der Waals surface area contributed by atoms with Gasteiger partial charge in [0.05, 0.1) is 0 Å². The minimum Gasteiger partial charge on any atom is -0.308 e. The zero-order valence-corrected chi connectivity index (χ0v) is 14.0. The normalized spacial score (nSPS) is 11.1. The monoisotopic (exact) mass is 367 g/mol. The molecule has 0 saturated heterocycles. The number of aromatic nitrogens is 1. The van der Waals surface area contributed by atoms with Crippen LogP contribution < -0.4 is 16.2 Å². The fourth-order valence-corrected chi connectivity index (χ4v) is 2.18. The zero-order valence-electron chi connectivity index (χ0n) is 14.0. The first-order chi connectivity index (χ1) is 12.1. The van der Waals surface area contributed by atoms with Gasteiger partial charge in [-0.25, -0.2) is 4.79 Å². The van der Waals surface area contributed by atoms with Gasteiger partial charge >= 0.3 is 12.2 Å². The van der Waals surface area contributed by atoms with E-state index in [2.05, 4.69) is 5.32 Å². The minimum absolute atomic E-state index is 0.453. The van der Waals surface area contributed by atoms with Crippen molar-refractivity contribution >= 4 is 17.6 Å². The molecule has 26 heavy (non-hydrogen) atoms. The summed E-state index contributed by atoms with van der Waals surface area (Å²) in [5, 5.41) is 4.41. The van der Waals surface area contributed by atoms with Crippen LogP contribution in [0, 0.1) is 13.8 Å². The lowest BCUT2D eigenvalue weighted by molar-refractivity contribution is -0.139. The number of carbonyl (C=O) groups is 2. The first-order valence-corrected chi connectivity index (χ1v) is 7.52. The Morgan fingerprint density at radius 2 is 1.81 bits per heavy atom. The number of rotatable bonds is 3. The fraction of sp³-hybridized carbons (Fsp3) is 0.235. The summed E-state index contributed by atoms with van der Waals surface area (Å²) in [4.78, 5) is 35.4. The summed E-state index contributed by atoms with van der Waals surface area (Å²) in [5.74, 6) is -0.923. The Bertz CT molecular complexity index is 904. The lowest BCUT2D eigenvalue weighted by atomic mass is 10.1. The second kappa shape index (κ2) is 7.42. The summed E-state index contributed by atoms with van der Waals surface area (Å²) in [6.45, 7) is 3.03. The lowest BCUT2D eigenvalue weighted by Crippen LogP contribution is -2.39. The molecule has 0 saturated carbocycles. The Morgan fingerprint density at radius 1 is 1.12 bits per heavy atom. The van der Waals surface area contributed by atoms with Gasteiger partial charge in [-0.15, -0.1) is 0 Å². The molecule has 1 aromatic heterocycles. The van der Waals surface area contributed by atoms with Crippen molar-refractivity contribution in [1.82, 2.24) is 9.88 Å². The number of nitrogens with one attached hydrogen (secondary N) is 2. The average Bonchev–Trinajstić information content (AvgIpc) is 2.51. The van der Waals surface area contributed by atoms with Gasteiger partial charge in [0.15, 0.2) is 0 Å². The number of carbonyl (C=O) groups excluding carboxylic acids is 2. The molecule has 0 aliphatic rings. The number of hydrogen-bond donors (Lipinski definition) is 2. The van der Waals surface area contributed by atoms with Crippen LogP contribution in [0.5, 0.6) is 0 Å². The molecule has 1 heterocycles. The third-order valence-electron chi connectivity index (χ3n) is 3.66. The first-order valence-electron chi connectivity index (χ1n) is 7.52. The van der Waals surface area contributed by atoms with Gasteiger partial charge in [-0.05, 0) is 49.2 Å². The van der Waals surface area contributed by atoms with E-state index in [9.17, 15) is 27.6 Å². The predicted octanol–water partition coefficient (Wildman–Crippen LogP) is 2.83. The van der Waals surface area contributed by atoms with Gasteiger partial charge in [0.2, 0.25) is 5.91 Å². The number of amides is 3. The van der Waals surface area contributed by atoms with E-state index >= 15 is 0 Å². The standard InChI is InChI=1S/C17H16F3N3O3/c1-10-5-6-12(8-11(10)2)21-16(26)22-14(24)9-23-7-3-4-13(15(23)25)17(18,19)20/h3-8H,9H2,1-2H3,(H2,21,22,24,26). The molecule has 3 amide bonds. The van der Waals surface area contributed by atoms with E-state index < -0.39 is 35.8 Å². The molecule has 138 valence electrons. The van der Waals surface area contributed by atoms with Crippen molar-refractivity contribution in [1.29, 1.82) is 0 Å². The van der Waals surface area contributed by atoms with Crippen LogP contribution in [0.15, 0.2) is 41.3 Å². The highest BCUT2D eigenvalue weighted by Gasteiger charge is 2.34. The van der Waals surface area contributed by atoms with Crippen molar-refractivity contribution < 1.29 is 22.8 Å². The van der Waals surface area contributed by atoms with Gasteiger partial charge < -0.3 is 9.88 Å². The summed E-state index contributed by atoms with van der Waals surface area (Å²) in [5.41, 5.74) is -0.327. The van der Waals surface area contributed by atoms with Crippen LogP contribution in [0.1, 0.15) is 16.7 Å². The molecule has 2 aromatic rings. The van der Waals surface area contributed by atoms with Gasteiger partial charge in [-0.3, -0.25) is 14.9 Å². The highest BCUT2D eigenvalue weighted by molar-refractivity contribution is 6.01. The predicted molar refractivity (Wildman–Crippen MR) is 88.8 cm³/mol. The minimum atomic E-state index is -4.82. The van der Waals surface area contributed by atoms with E-state index in [0.29, 0.717) is 16.3 Å². The maximum atomic E-state index is 12.7. The molecule has 0 bridgehead atoms. The number of hydrogen-bond acceptors (Lipinski definition) is 3. The molecule has 2 N–H and O–H groups in total. The van der Waals surface area contributed by atoms with E-state index in [0.717, 1.165) is 23.4 Å². The van der Waals surface area contributed by atoms with Crippen LogP contribution in [-0.2, 0) is 17.5 Å². The third kappa shape index (κ3) is 4.71. The number of urea groups is 1. The summed E-state index contributed by atoms with van der Waals surface area (Å²) in [6, 6.07) is 5.92. The maximum Gasteiger partial charge on any atom is 0.421 e. The first kappa shape index (κ1) is 19.2. The topological polar surface area (TPSA) is 80.2 Å². The number of benzene rings is 1. The van der Waals surface area contributed by atoms with Crippen LogP contribution in [0.4, 0.5) is 23.7 Å². The molecule has 2 rings (SSSR count). The van der Waals surface area contributed by atoms with Gasteiger partial charge in [0.1, 0.15) is 12.1 Å². The molecule has 0 unspecified atom stereocenters. The summed E-state index contributed by atoms with van der Waals surface area (Å²) < 4.78 is 38.7. The number of aryl methyl sites for hydroxylation is 2. The van der Waals surface area contributed by atoms with Crippen molar-refractivity contribution in [2.75, 3.05) is 5.32 Å². The van der Waals surface area contributed by atoms with Gasteiger partial charge in [0.25, 0.3) is 5.56 Å². The van der Waals surface area contributed by atoms with Crippen LogP contribution >= 0.6 is 0 Å². The van der Waals surface area contributed by atoms with Crippen molar-refractivity contribution in [3.8, 4) is 0 Å². The molecule has 0 aliphatic heterocycles. The molecule has 0 fully saturated rings. The number of nitrogens with zero attached hydrogens (tertiary/aromatic N) is 1. The number of halogens is 3. The van der Waals surface area contributed by atoms with Gasteiger partial charge in [0, 0.05) is 11.9 Å². The molecule has 9 heteroatoms. The summed E-state index contributed by atoms with van der Waals surface area (Å²) >= 11 is 0. The van der Waals surface area contributed by atoms with Gasteiger partial charge in [-0.2, -0.15) is 13.2 Å². The largest absolute Gasteiger partial charge is 0.421 e. The number of pyridine rings is 1. The van der Waals surface area contributed by atoms with Crippen LogP contribution in [0.3, 0.4) is 0 Å². The van der Waals surface area contributed by atoms with E-state index in [1.807, 2.05) is 19.2 Å². The molecule has 0 spiro atoms. The molecule has 0 atom stereocenters. The molecular formula is C17H16F3N3O3. The lowest BCUT2D eigenvalue weighted by Gasteiger charge is -2.11. The molecule has 0 radical (unpaired) electrons. The second-order valence-electron chi connectivity index (χ2n) is 5.65. The highest BCUT2D eigenvalue weighted by atomic mass is 19.4. The average molecular weight is 367 g/mol. The number of alkyl halides is 3. The van der Waals surface area contributed by atoms with Crippen molar-refractivity contribution in [3.05, 3.63) is 63.6 Å². The number of imide groups is 1. The summed E-state index contributed by atoms with van der Waals surface area (Å²) in [6.07, 6.45) is -3.78. The summed E-state index contributed by atoms with van der Waals surface area (Å²) in [7, 11) is 0. The van der Waals surface area contributed by atoms with Crippen molar-refractivity contribution in [2.45, 2.75) is 26.6 Å². The fourth-order valence-electron chi connectivity index (χ4n) is 2.18. The van der Waals surface area contributed by atoms with Crippen LogP contribution in [-0.4, -0.2) is 16.5 Å². The Kier molecular flexibility index (Phi) is 5.49. The third-order valence-corrected chi connectivity index (χ3v) is 3.66. The Morgan fingerprint density at radius 3 is 2.42 bits per heavy atom. The zero-order chi connectivity index (χ0) is 19.5. The van der Waals surface area contributed by atoms with Crippen molar-refractivity contribution in [2.24, 2.45) is 0 Å².